The quantitative estimate of drug-likeness (QED) is 0.159. The molecule has 0 aliphatic carbocycles. The Bertz CT molecular complexity index is 2980. The summed E-state index contributed by atoms with van der Waals surface area (Å²) >= 11 is 1.73. The van der Waals surface area contributed by atoms with E-state index in [4.69, 9.17) is 24.9 Å². The van der Waals surface area contributed by atoms with E-state index in [0.29, 0.717) is 17.5 Å². The molecule has 55 heavy (non-hydrogen) atoms. The van der Waals surface area contributed by atoms with E-state index in [1.165, 1.54) is 25.8 Å². The van der Waals surface area contributed by atoms with E-state index in [1.54, 1.807) is 11.3 Å². The van der Waals surface area contributed by atoms with Gasteiger partial charge in [-0.3, -0.25) is 0 Å². The maximum Gasteiger partial charge on any atom is 0.259 e. The molecule has 6 nitrogen and oxygen atoms in total. The van der Waals surface area contributed by atoms with Crippen molar-refractivity contribution in [2.24, 2.45) is 0 Å². The lowest BCUT2D eigenvalue weighted by Gasteiger charge is -2.32. The molecule has 0 amide bonds. The monoisotopic (exact) mass is 738 g/mol. The van der Waals surface area contributed by atoms with E-state index in [2.05, 4.69) is 126 Å². The highest BCUT2D eigenvalue weighted by Crippen LogP contribution is 2.36. The predicted octanol–water partition coefficient (Wildman–Crippen LogP) is 8.99. The van der Waals surface area contributed by atoms with Crippen molar-refractivity contribution < 1.29 is 0 Å². The van der Waals surface area contributed by atoms with Gasteiger partial charge >= 0.3 is 0 Å². The largest absolute Gasteiger partial charge is 0.339 e. The molecule has 0 spiro atoms. The van der Waals surface area contributed by atoms with Crippen LogP contribution in [0.1, 0.15) is 0 Å². The van der Waals surface area contributed by atoms with Crippen LogP contribution in [-0.4, -0.2) is 37.4 Å². The molecule has 1 unspecified atom stereocenters. The van der Waals surface area contributed by atoms with Crippen LogP contribution < -0.4 is 15.6 Å². The number of hydrogen-bond donors (Lipinski definition) is 0. The van der Waals surface area contributed by atoms with Crippen molar-refractivity contribution in [1.82, 2.24) is 29.2 Å². The second-order valence-electron chi connectivity index (χ2n) is 13.7. The number of benzene rings is 7. The van der Waals surface area contributed by atoms with Crippen molar-refractivity contribution in [1.29, 1.82) is 0 Å². The molecule has 258 valence electrons. The SMILES string of the molecule is c1ccc(-c2nc(-c3ccccc3)nc(-c3cccc([Si]4(c5cccc(-c6nc7ccccc7s6)c5)c5ccccc5-c5nc6ccccc6n54)c3)n2)cc1. The third-order valence-electron chi connectivity index (χ3n) is 10.5. The molecule has 3 aromatic heterocycles. The fourth-order valence-electron chi connectivity index (χ4n) is 8.09. The van der Waals surface area contributed by atoms with Crippen LogP contribution in [0.4, 0.5) is 0 Å². The number of rotatable bonds is 6. The van der Waals surface area contributed by atoms with Gasteiger partial charge in [-0.1, -0.05) is 152 Å². The van der Waals surface area contributed by atoms with Gasteiger partial charge in [0.1, 0.15) is 10.8 Å². The topological polar surface area (TPSA) is 69.4 Å². The Kier molecular flexibility index (Phi) is 7.26. The zero-order valence-electron chi connectivity index (χ0n) is 29.4. The first kappa shape index (κ1) is 31.6. The first-order valence-electron chi connectivity index (χ1n) is 18.3. The summed E-state index contributed by atoms with van der Waals surface area (Å²) in [5.41, 5.74) is 8.21. The number of fused-ring (bicyclic) bond motifs is 6. The van der Waals surface area contributed by atoms with Crippen molar-refractivity contribution in [3.8, 4) is 56.1 Å². The summed E-state index contributed by atoms with van der Waals surface area (Å²) < 4.78 is 3.75. The van der Waals surface area contributed by atoms with Crippen molar-refractivity contribution in [2.75, 3.05) is 0 Å². The lowest BCUT2D eigenvalue weighted by molar-refractivity contribution is 1.07. The lowest BCUT2D eigenvalue weighted by atomic mass is 10.1. The molecule has 8 heteroatoms. The third-order valence-corrected chi connectivity index (χ3v) is 16.2. The van der Waals surface area contributed by atoms with Gasteiger partial charge in [-0.2, -0.15) is 0 Å². The molecule has 0 saturated heterocycles. The molecule has 0 radical (unpaired) electrons. The van der Waals surface area contributed by atoms with Gasteiger partial charge in [0.15, 0.2) is 17.5 Å². The van der Waals surface area contributed by atoms with Crippen LogP contribution in [0.5, 0.6) is 0 Å². The van der Waals surface area contributed by atoms with E-state index < -0.39 is 8.24 Å². The maximum absolute atomic E-state index is 5.32. The van der Waals surface area contributed by atoms with Crippen LogP contribution in [0, 0.1) is 0 Å². The fourth-order valence-corrected chi connectivity index (χ4v) is 14.1. The highest BCUT2D eigenvalue weighted by molar-refractivity contribution is 7.21. The fraction of sp³-hybridized carbons (Fsp3) is 0. The molecule has 0 N–H and O–H groups in total. The summed E-state index contributed by atoms with van der Waals surface area (Å²) in [5, 5.41) is 4.77. The second-order valence-corrected chi connectivity index (χ2v) is 18.3. The summed E-state index contributed by atoms with van der Waals surface area (Å²) in [7, 11) is -3.10. The molecule has 0 saturated carbocycles. The number of para-hydroxylation sites is 3. The van der Waals surface area contributed by atoms with Crippen LogP contribution in [0.3, 0.4) is 0 Å². The van der Waals surface area contributed by atoms with E-state index in [0.717, 1.165) is 49.6 Å². The summed E-state index contributed by atoms with van der Waals surface area (Å²) in [6, 6.07) is 64.0. The zero-order valence-corrected chi connectivity index (χ0v) is 31.2. The minimum absolute atomic E-state index is 0.629. The number of hydrogen-bond acceptors (Lipinski definition) is 6. The Hall–Kier alpha value is -6.87. The van der Waals surface area contributed by atoms with Gasteiger partial charge in [0, 0.05) is 27.8 Å². The minimum Gasteiger partial charge on any atom is -0.339 e. The number of imidazole rings is 1. The normalized spacial score (nSPS) is 14.6. The Morgan fingerprint density at radius 1 is 0.418 bits per heavy atom. The Morgan fingerprint density at radius 3 is 1.67 bits per heavy atom. The van der Waals surface area contributed by atoms with Gasteiger partial charge < -0.3 is 4.23 Å². The molecule has 1 aliphatic heterocycles. The molecular weight excluding hydrogens is 709 g/mol. The van der Waals surface area contributed by atoms with Crippen molar-refractivity contribution >= 4 is 56.4 Å². The molecule has 4 heterocycles. The smallest absolute Gasteiger partial charge is 0.259 e. The van der Waals surface area contributed by atoms with Gasteiger partial charge in [0.05, 0.1) is 21.3 Å². The molecule has 10 aromatic rings. The third kappa shape index (κ3) is 5.03. The summed E-state index contributed by atoms with van der Waals surface area (Å²) in [6.07, 6.45) is 0. The van der Waals surface area contributed by atoms with E-state index in [9.17, 15) is 0 Å². The van der Waals surface area contributed by atoms with E-state index in [1.807, 2.05) is 60.7 Å². The van der Waals surface area contributed by atoms with Crippen LogP contribution >= 0.6 is 11.3 Å². The van der Waals surface area contributed by atoms with Gasteiger partial charge in [0.2, 0.25) is 0 Å². The molecule has 11 rings (SSSR count). The molecule has 1 aliphatic rings. The predicted molar refractivity (Wildman–Crippen MR) is 226 cm³/mol. The van der Waals surface area contributed by atoms with Gasteiger partial charge in [-0.25, -0.2) is 24.9 Å². The van der Waals surface area contributed by atoms with Crippen LogP contribution in [0.15, 0.2) is 182 Å². The lowest BCUT2D eigenvalue weighted by Crippen LogP contribution is -2.70. The molecule has 0 bridgehead atoms. The molecule has 1 atom stereocenters. The van der Waals surface area contributed by atoms with Gasteiger partial charge in [-0.15, -0.1) is 11.3 Å². The highest BCUT2D eigenvalue weighted by atomic mass is 32.1. The zero-order chi connectivity index (χ0) is 36.3. The van der Waals surface area contributed by atoms with Crippen molar-refractivity contribution in [2.45, 2.75) is 0 Å². The van der Waals surface area contributed by atoms with Gasteiger partial charge in [-0.05, 0) is 45.9 Å². The number of thiazole rings is 1. The first-order chi connectivity index (χ1) is 27.2. The average Bonchev–Trinajstić information content (AvgIpc) is 3.95. The number of nitrogens with zero attached hydrogens (tertiary/aromatic N) is 6. The second kappa shape index (κ2) is 12.6. The average molecular weight is 739 g/mol. The minimum atomic E-state index is -3.10. The van der Waals surface area contributed by atoms with E-state index in [-0.39, 0.29) is 0 Å². The van der Waals surface area contributed by atoms with Gasteiger partial charge in [0.25, 0.3) is 8.24 Å². The van der Waals surface area contributed by atoms with Crippen LogP contribution in [0.2, 0.25) is 0 Å². The Balaban J connectivity index is 1.18. The van der Waals surface area contributed by atoms with Crippen LogP contribution in [0.25, 0.3) is 77.4 Å². The van der Waals surface area contributed by atoms with Crippen molar-refractivity contribution in [3.63, 3.8) is 0 Å². The van der Waals surface area contributed by atoms with E-state index >= 15 is 0 Å². The van der Waals surface area contributed by atoms with Crippen molar-refractivity contribution in [3.05, 3.63) is 182 Å². The summed E-state index contributed by atoms with van der Waals surface area (Å²) in [4.78, 5) is 25.6. The Morgan fingerprint density at radius 2 is 0.964 bits per heavy atom. The molecule has 7 aromatic carbocycles. The number of aromatic nitrogens is 6. The first-order valence-corrected chi connectivity index (χ1v) is 21.0. The highest BCUT2D eigenvalue weighted by Gasteiger charge is 2.51. The molecule has 0 fully saturated rings. The standard InChI is InChI=1S/C47H30N6SSi/c1-3-15-31(16-4-1)43-50-44(32-17-5-2-6-18-32)52-45(51-43)33-19-13-21-35(29-33)55(36-22-14-20-34(30-36)47-49-39-25-9-11-27-41(39)54-47)42-28-12-7-23-37(42)46-48-38-24-8-10-26-40(38)53(46)55/h1-30H. The summed E-state index contributed by atoms with van der Waals surface area (Å²) in [6.45, 7) is 0. The maximum atomic E-state index is 5.32. The molecular formula is C47H30N6SSi. The Labute approximate surface area is 322 Å². The summed E-state index contributed by atoms with van der Waals surface area (Å²) in [5.74, 6) is 2.90. The van der Waals surface area contributed by atoms with Crippen LogP contribution in [-0.2, 0) is 0 Å².